The molecule has 0 bridgehead atoms. The molecule has 31 heavy (non-hydrogen) atoms. The largest absolute Gasteiger partial charge is 0.352 e. The van der Waals surface area contributed by atoms with Gasteiger partial charge in [-0.3, -0.25) is 14.4 Å². The number of hydrogen-bond acceptors (Lipinski definition) is 3. The zero-order valence-corrected chi connectivity index (χ0v) is 18.9. The number of anilines is 2. The molecule has 164 valence electrons. The number of amides is 3. The topological polar surface area (TPSA) is 78.5 Å². The second kappa shape index (κ2) is 9.33. The van der Waals surface area contributed by atoms with Gasteiger partial charge in [-0.05, 0) is 55.7 Å². The number of benzene rings is 2. The van der Waals surface area contributed by atoms with Crippen LogP contribution in [0, 0.1) is 32.6 Å². The Balaban J connectivity index is 1.65. The van der Waals surface area contributed by atoms with Crippen LogP contribution in [-0.4, -0.2) is 24.3 Å². The summed E-state index contributed by atoms with van der Waals surface area (Å²) in [6.07, 6.45) is 0.181. The summed E-state index contributed by atoms with van der Waals surface area (Å²) in [4.78, 5) is 39.0. The highest BCUT2D eigenvalue weighted by molar-refractivity contribution is 6.01. The van der Waals surface area contributed by atoms with Crippen LogP contribution in [-0.2, 0) is 20.9 Å². The van der Waals surface area contributed by atoms with Crippen LogP contribution in [0.1, 0.15) is 42.5 Å². The first-order valence-corrected chi connectivity index (χ1v) is 10.7. The molecule has 3 rings (SSSR count). The van der Waals surface area contributed by atoms with E-state index in [2.05, 4.69) is 29.7 Å². The highest BCUT2D eigenvalue weighted by atomic mass is 16.2. The number of aryl methyl sites for hydroxylation is 3. The van der Waals surface area contributed by atoms with Crippen LogP contribution in [0.2, 0.25) is 0 Å². The molecule has 0 radical (unpaired) electrons. The van der Waals surface area contributed by atoms with E-state index >= 15 is 0 Å². The molecular formula is C25H31N3O3. The Morgan fingerprint density at radius 1 is 1.10 bits per heavy atom. The van der Waals surface area contributed by atoms with Crippen molar-refractivity contribution < 1.29 is 14.4 Å². The molecule has 6 nitrogen and oxygen atoms in total. The Hall–Kier alpha value is -3.15. The number of rotatable bonds is 6. The van der Waals surface area contributed by atoms with E-state index in [0.717, 1.165) is 16.7 Å². The molecular weight excluding hydrogens is 390 g/mol. The molecule has 0 aromatic heterocycles. The van der Waals surface area contributed by atoms with Crippen molar-refractivity contribution in [2.45, 2.75) is 47.6 Å². The molecule has 1 aliphatic rings. The van der Waals surface area contributed by atoms with Crippen molar-refractivity contribution in [3.8, 4) is 0 Å². The molecule has 6 heteroatoms. The van der Waals surface area contributed by atoms with Gasteiger partial charge in [-0.1, -0.05) is 37.6 Å². The fraction of sp³-hybridized carbons (Fsp3) is 0.400. The SMILES string of the molecule is Cc1cc(C)c(CNC(=O)[C@@H]2CC(=O)N(c3cccc(NC(=O)C(C)C)c3)C2)c(C)c1. The number of nitrogens with zero attached hydrogens (tertiary/aromatic N) is 1. The third-order valence-electron chi connectivity index (χ3n) is 5.73. The molecule has 2 aromatic rings. The third-order valence-corrected chi connectivity index (χ3v) is 5.73. The van der Waals surface area contributed by atoms with Crippen molar-refractivity contribution >= 4 is 29.1 Å². The molecule has 0 spiro atoms. The van der Waals surface area contributed by atoms with E-state index in [1.165, 1.54) is 5.56 Å². The summed E-state index contributed by atoms with van der Waals surface area (Å²) >= 11 is 0. The molecule has 1 aliphatic heterocycles. The Labute approximate surface area is 184 Å². The molecule has 0 saturated carbocycles. The van der Waals surface area contributed by atoms with E-state index in [9.17, 15) is 14.4 Å². The van der Waals surface area contributed by atoms with Crippen molar-refractivity contribution in [3.05, 3.63) is 58.7 Å². The normalized spacial score (nSPS) is 16.0. The lowest BCUT2D eigenvalue weighted by molar-refractivity contribution is -0.126. The van der Waals surface area contributed by atoms with Crippen LogP contribution in [0.15, 0.2) is 36.4 Å². The first-order valence-electron chi connectivity index (χ1n) is 10.7. The Kier molecular flexibility index (Phi) is 6.78. The van der Waals surface area contributed by atoms with Gasteiger partial charge in [0.15, 0.2) is 0 Å². The van der Waals surface area contributed by atoms with Gasteiger partial charge < -0.3 is 15.5 Å². The second-order valence-corrected chi connectivity index (χ2v) is 8.69. The molecule has 1 saturated heterocycles. The molecule has 2 N–H and O–H groups in total. The van der Waals surface area contributed by atoms with Crippen LogP contribution < -0.4 is 15.5 Å². The maximum atomic E-state index is 12.8. The van der Waals surface area contributed by atoms with Crippen LogP contribution >= 0.6 is 0 Å². The highest BCUT2D eigenvalue weighted by Crippen LogP contribution is 2.28. The monoisotopic (exact) mass is 421 g/mol. The molecule has 0 aliphatic carbocycles. The van der Waals surface area contributed by atoms with Gasteiger partial charge in [-0.2, -0.15) is 0 Å². The van der Waals surface area contributed by atoms with Gasteiger partial charge in [-0.15, -0.1) is 0 Å². The van der Waals surface area contributed by atoms with Crippen molar-refractivity contribution in [3.63, 3.8) is 0 Å². The fourth-order valence-electron chi connectivity index (χ4n) is 3.98. The van der Waals surface area contributed by atoms with Gasteiger partial charge in [0.25, 0.3) is 0 Å². The van der Waals surface area contributed by atoms with Gasteiger partial charge in [0, 0.05) is 36.8 Å². The Morgan fingerprint density at radius 3 is 2.42 bits per heavy atom. The van der Waals surface area contributed by atoms with E-state index < -0.39 is 5.92 Å². The predicted octanol–water partition coefficient (Wildman–Crippen LogP) is 3.88. The molecule has 3 amide bonds. The third kappa shape index (κ3) is 5.32. The maximum Gasteiger partial charge on any atom is 0.227 e. The van der Waals surface area contributed by atoms with Crippen LogP contribution in [0.4, 0.5) is 11.4 Å². The highest BCUT2D eigenvalue weighted by Gasteiger charge is 2.35. The number of carbonyl (C=O) groups is 3. The minimum Gasteiger partial charge on any atom is -0.352 e. The summed E-state index contributed by atoms with van der Waals surface area (Å²) < 4.78 is 0. The quantitative estimate of drug-likeness (QED) is 0.743. The summed E-state index contributed by atoms with van der Waals surface area (Å²) in [7, 11) is 0. The minimum absolute atomic E-state index is 0.0798. The van der Waals surface area contributed by atoms with Crippen molar-refractivity contribution in [1.29, 1.82) is 0 Å². The molecule has 1 atom stereocenters. The number of hydrogen-bond donors (Lipinski definition) is 2. The van der Waals surface area contributed by atoms with E-state index in [1.54, 1.807) is 23.1 Å². The first kappa shape index (κ1) is 22.5. The van der Waals surface area contributed by atoms with Gasteiger partial charge in [0.1, 0.15) is 0 Å². The average Bonchev–Trinajstić information content (AvgIpc) is 3.09. The van der Waals surface area contributed by atoms with E-state index in [1.807, 2.05) is 33.8 Å². The fourth-order valence-corrected chi connectivity index (χ4v) is 3.98. The summed E-state index contributed by atoms with van der Waals surface area (Å²) in [5.74, 6) is -0.808. The first-order chi connectivity index (χ1) is 14.7. The standard InChI is InChI=1S/C25H31N3O3/c1-15(2)24(30)27-20-7-6-8-21(12-20)28-14-19(11-23(28)29)25(31)26-13-22-17(4)9-16(3)10-18(22)5/h6-10,12,15,19H,11,13-14H2,1-5H3,(H,26,31)(H,27,30)/t19-/m1/s1. The van der Waals surface area contributed by atoms with Gasteiger partial charge in [-0.25, -0.2) is 0 Å². The Bertz CT molecular complexity index is 990. The van der Waals surface area contributed by atoms with Gasteiger partial charge >= 0.3 is 0 Å². The molecule has 1 fully saturated rings. The van der Waals surface area contributed by atoms with E-state index in [0.29, 0.717) is 24.5 Å². The smallest absolute Gasteiger partial charge is 0.227 e. The van der Waals surface area contributed by atoms with E-state index in [-0.39, 0.29) is 30.1 Å². The van der Waals surface area contributed by atoms with Crippen LogP contribution in [0.5, 0.6) is 0 Å². The zero-order valence-electron chi connectivity index (χ0n) is 18.9. The number of carbonyl (C=O) groups excluding carboxylic acids is 3. The molecule has 0 unspecified atom stereocenters. The summed E-state index contributed by atoms with van der Waals surface area (Å²) in [5, 5.41) is 5.86. The number of nitrogens with one attached hydrogen (secondary N) is 2. The van der Waals surface area contributed by atoms with Crippen molar-refractivity contribution in [2.75, 3.05) is 16.8 Å². The lowest BCUT2D eigenvalue weighted by atomic mass is 9.99. The Morgan fingerprint density at radius 2 is 1.77 bits per heavy atom. The molecule has 1 heterocycles. The lowest BCUT2D eigenvalue weighted by Gasteiger charge is -2.18. The predicted molar refractivity (Wildman–Crippen MR) is 123 cm³/mol. The van der Waals surface area contributed by atoms with Crippen LogP contribution in [0.25, 0.3) is 0 Å². The summed E-state index contributed by atoms with van der Waals surface area (Å²) in [5.41, 5.74) is 5.96. The average molecular weight is 422 g/mol. The minimum atomic E-state index is -0.396. The van der Waals surface area contributed by atoms with E-state index in [4.69, 9.17) is 0 Å². The zero-order chi connectivity index (χ0) is 22.7. The van der Waals surface area contributed by atoms with Crippen LogP contribution in [0.3, 0.4) is 0 Å². The lowest BCUT2D eigenvalue weighted by Crippen LogP contribution is -2.33. The van der Waals surface area contributed by atoms with Gasteiger partial charge in [0.2, 0.25) is 17.7 Å². The summed E-state index contributed by atoms with van der Waals surface area (Å²) in [6.45, 7) is 10.6. The van der Waals surface area contributed by atoms with Gasteiger partial charge in [0.05, 0.1) is 5.92 Å². The molecule has 2 aromatic carbocycles. The van der Waals surface area contributed by atoms with Crippen molar-refractivity contribution in [2.24, 2.45) is 11.8 Å². The van der Waals surface area contributed by atoms with Crippen molar-refractivity contribution in [1.82, 2.24) is 5.32 Å². The second-order valence-electron chi connectivity index (χ2n) is 8.69. The maximum absolute atomic E-state index is 12.8. The summed E-state index contributed by atoms with van der Waals surface area (Å²) in [6, 6.07) is 11.4.